The maximum atomic E-state index is 13.3. The molecule has 0 radical (unpaired) electrons. The van der Waals surface area contributed by atoms with Crippen molar-refractivity contribution in [3.05, 3.63) is 54.4 Å². The fourth-order valence-electron chi connectivity index (χ4n) is 3.87. The first kappa shape index (κ1) is 22.4. The third-order valence-corrected chi connectivity index (χ3v) is 7.54. The summed E-state index contributed by atoms with van der Waals surface area (Å²) >= 11 is 0. The van der Waals surface area contributed by atoms with Crippen LogP contribution in [-0.2, 0) is 11.5 Å². The molecule has 4 rings (SSSR count). The smallest absolute Gasteiger partial charge is 0.212 e. The first-order chi connectivity index (χ1) is 15.1. The van der Waals surface area contributed by atoms with Gasteiger partial charge in [0.15, 0.2) is 5.78 Å². The first-order valence-corrected chi connectivity index (χ1v) is 14.7. The number of Topliss-reactive ketones (excluding diaryl/α,β-unsaturated/α-hetero) is 1. The quantitative estimate of drug-likeness (QED) is 0.370. The summed E-state index contributed by atoms with van der Waals surface area (Å²) in [6, 6.07) is 6.99. The maximum absolute atomic E-state index is 13.3. The molecule has 32 heavy (non-hydrogen) atoms. The van der Waals surface area contributed by atoms with Gasteiger partial charge in [-0.2, -0.15) is 0 Å². The molecule has 1 aromatic carbocycles. The molecule has 0 fully saturated rings. The molecule has 0 spiro atoms. The van der Waals surface area contributed by atoms with Gasteiger partial charge in [-0.05, 0) is 44.5 Å². The number of nitrogens with zero attached hydrogens (tertiary/aromatic N) is 5. The Kier molecular flexibility index (Phi) is 5.77. The van der Waals surface area contributed by atoms with Crippen molar-refractivity contribution in [3.63, 3.8) is 0 Å². The topological polar surface area (TPSA) is 73.1 Å². The van der Waals surface area contributed by atoms with Gasteiger partial charge >= 0.3 is 0 Å². The summed E-state index contributed by atoms with van der Waals surface area (Å²) in [5.41, 5.74) is 2.65. The number of anilines is 2. The van der Waals surface area contributed by atoms with E-state index < -0.39 is 13.6 Å². The van der Waals surface area contributed by atoms with Crippen LogP contribution in [0.25, 0.3) is 11.1 Å². The second kappa shape index (κ2) is 8.25. The summed E-state index contributed by atoms with van der Waals surface area (Å²) in [6.07, 6.45) is 7.28. The molecule has 2 aromatic heterocycles. The lowest BCUT2D eigenvalue weighted by atomic mass is 9.97. The van der Waals surface area contributed by atoms with Crippen LogP contribution < -0.4 is 4.90 Å². The Labute approximate surface area is 190 Å². The Bertz CT molecular complexity index is 1130. The molecule has 0 N–H and O–H groups in total. The zero-order valence-electron chi connectivity index (χ0n) is 19.7. The second-order valence-electron chi connectivity index (χ2n) is 10.0. The van der Waals surface area contributed by atoms with Crippen LogP contribution >= 0.6 is 0 Å². The first-order valence-electron chi connectivity index (χ1n) is 10.9. The second-order valence-corrected chi connectivity index (χ2v) is 15.6. The monoisotopic (exact) mass is 449 g/mol. The number of ether oxygens (including phenoxy) is 1. The van der Waals surface area contributed by atoms with Crippen molar-refractivity contribution in [1.82, 2.24) is 19.5 Å². The van der Waals surface area contributed by atoms with Crippen LogP contribution in [0.5, 0.6) is 0 Å². The van der Waals surface area contributed by atoms with Gasteiger partial charge in [0.2, 0.25) is 5.95 Å². The van der Waals surface area contributed by atoms with E-state index in [2.05, 4.69) is 34.6 Å². The predicted molar refractivity (Wildman–Crippen MR) is 129 cm³/mol. The Morgan fingerprint density at radius 1 is 1.06 bits per heavy atom. The molecule has 0 saturated carbocycles. The number of rotatable bonds is 7. The number of imidazole rings is 1. The average Bonchev–Trinajstić information content (AvgIpc) is 3.25. The lowest BCUT2D eigenvalue weighted by molar-refractivity contribution is 0.0864. The van der Waals surface area contributed by atoms with Crippen LogP contribution in [0, 0.1) is 6.92 Å². The van der Waals surface area contributed by atoms with Crippen LogP contribution in [0.4, 0.5) is 11.6 Å². The number of carbonyl (C=O) groups excluding carboxylic acids is 1. The molecule has 3 aromatic rings. The zero-order chi connectivity index (χ0) is 23.1. The molecule has 168 valence electrons. The van der Waals surface area contributed by atoms with Crippen molar-refractivity contribution in [2.75, 3.05) is 11.5 Å². The molecule has 1 aliphatic heterocycles. The number of hydrogen-bond acceptors (Lipinski definition) is 6. The molecular formula is C24H31N5O2Si. The van der Waals surface area contributed by atoms with Gasteiger partial charge in [0.1, 0.15) is 18.1 Å². The lowest BCUT2D eigenvalue weighted by Crippen LogP contribution is -2.43. The van der Waals surface area contributed by atoms with E-state index in [0.29, 0.717) is 18.2 Å². The number of benzene rings is 1. The van der Waals surface area contributed by atoms with E-state index in [1.807, 2.05) is 67.0 Å². The van der Waals surface area contributed by atoms with Gasteiger partial charge in [0.25, 0.3) is 0 Å². The molecule has 0 unspecified atom stereocenters. The number of fused-ring (bicyclic) bond motifs is 1. The van der Waals surface area contributed by atoms with Crippen LogP contribution in [-0.4, -0.2) is 45.5 Å². The van der Waals surface area contributed by atoms with E-state index >= 15 is 0 Å². The van der Waals surface area contributed by atoms with Gasteiger partial charge in [-0.1, -0.05) is 25.7 Å². The fourth-order valence-corrected chi connectivity index (χ4v) is 4.63. The van der Waals surface area contributed by atoms with Crippen LogP contribution in [0.3, 0.4) is 0 Å². The molecule has 7 nitrogen and oxygen atoms in total. The minimum atomic E-state index is -1.16. The molecule has 3 heterocycles. The molecule has 1 aliphatic rings. The molecule has 0 amide bonds. The fraction of sp³-hybridized carbons (Fsp3) is 0.417. The SMILES string of the molecule is Cc1ncc(-c2ccc3c(c2)N(c2nccn2COCC[Si](C)(C)C)C(C)(C)C3=O)cn1. The maximum Gasteiger partial charge on any atom is 0.212 e. The Hall–Kier alpha value is -2.84. The minimum Gasteiger partial charge on any atom is -0.361 e. The molecular weight excluding hydrogens is 418 g/mol. The molecule has 0 bridgehead atoms. The van der Waals surface area contributed by atoms with E-state index in [0.717, 1.165) is 35.3 Å². The molecule has 0 aliphatic carbocycles. The van der Waals surface area contributed by atoms with Gasteiger partial charge in [0, 0.05) is 50.6 Å². The van der Waals surface area contributed by atoms with E-state index in [-0.39, 0.29) is 5.78 Å². The van der Waals surface area contributed by atoms with Gasteiger partial charge in [-0.15, -0.1) is 0 Å². The standard InChI is InChI=1S/C24H31N5O2Si/c1-17-26-14-19(15-27-17)18-7-8-20-21(13-18)29(24(2,3)22(20)30)23-25-9-10-28(23)16-31-11-12-32(4,5)6/h7-10,13-15H,11-12,16H2,1-6H3. The number of ketones is 1. The number of aromatic nitrogens is 4. The van der Waals surface area contributed by atoms with Gasteiger partial charge in [-0.25, -0.2) is 15.0 Å². The lowest BCUT2D eigenvalue weighted by Gasteiger charge is -2.32. The van der Waals surface area contributed by atoms with Crippen LogP contribution in [0.2, 0.25) is 25.7 Å². The van der Waals surface area contributed by atoms with E-state index in [1.165, 1.54) is 0 Å². The highest BCUT2D eigenvalue weighted by Crippen LogP contribution is 2.44. The third kappa shape index (κ3) is 4.25. The summed E-state index contributed by atoms with van der Waals surface area (Å²) in [7, 11) is -1.16. The third-order valence-electron chi connectivity index (χ3n) is 5.83. The van der Waals surface area contributed by atoms with Crippen LogP contribution in [0.15, 0.2) is 43.0 Å². The van der Waals surface area contributed by atoms with Crippen LogP contribution in [0.1, 0.15) is 30.0 Å². The van der Waals surface area contributed by atoms with Gasteiger partial charge in [0.05, 0.1) is 5.69 Å². The van der Waals surface area contributed by atoms with Crippen molar-refractivity contribution >= 4 is 25.5 Å². The Morgan fingerprint density at radius 2 is 1.78 bits per heavy atom. The van der Waals surface area contributed by atoms with Crippen molar-refractivity contribution in [3.8, 4) is 11.1 Å². The molecule has 0 atom stereocenters. The minimum absolute atomic E-state index is 0.0772. The largest absolute Gasteiger partial charge is 0.361 e. The summed E-state index contributed by atoms with van der Waals surface area (Å²) in [5.74, 6) is 1.50. The van der Waals surface area contributed by atoms with Crippen molar-refractivity contribution in [1.29, 1.82) is 0 Å². The summed E-state index contributed by atoms with van der Waals surface area (Å²) in [4.78, 5) is 28.5. The van der Waals surface area contributed by atoms with E-state index in [1.54, 1.807) is 6.20 Å². The van der Waals surface area contributed by atoms with Gasteiger partial charge < -0.3 is 4.74 Å². The highest BCUT2D eigenvalue weighted by Gasteiger charge is 2.46. The summed E-state index contributed by atoms with van der Waals surface area (Å²) in [5, 5.41) is 0. The highest BCUT2D eigenvalue weighted by atomic mass is 28.3. The van der Waals surface area contributed by atoms with Gasteiger partial charge in [-0.3, -0.25) is 14.3 Å². The predicted octanol–water partition coefficient (Wildman–Crippen LogP) is 5.07. The van der Waals surface area contributed by atoms with E-state index in [4.69, 9.17) is 4.74 Å². The number of aryl methyl sites for hydroxylation is 1. The zero-order valence-corrected chi connectivity index (χ0v) is 20.7. The normalized spacial score (nSPS) is 15.3. The van der Waals surface area contributed by atoms with Crippen molar-refractivity contribution in [2.24, 2.45) is 0 Å². The molecule has 8 heteroatoms. The average molecular weight is 450 g/mol. The van der Waals surface area contributed by atoms with Crippen molar-refractivity contribution in [2.45, 2.75) is 58.7 Å². The summed E-state index contributed by atoms with van der Waals surface area (Å²) in [6.45, 7) is 13.9. The summed E-state index contributed by atoms with van der Waals surface area (Å²) < 4.78 is 7.94. The highest BCUT2D eigenvalue weighted by molar-refractivity contribution is 6.76. The molecule has 0 saturated heterocycles. The number of carbonyl (C=O) groups is 1. The van der Waals surface area contributed by atoms with E-state index in [9.17, 15) is 4.79 Å². The Morgan fingerprint density at radius 3 is 2.47 bits per heavy atom. The van der Waals surface area contributed by atoms with Crippen molar-refractivity contribution < 1.29 is 9.53 Å². The Balaban J connectivity index is 1.67. The number of hydrogen-bond donors (Lipinski definition) is 0.